The van der Waals surface area contributed by atoms with E-state index in [2.05, 4.69) is 31.9 Å². The number of benzene rings is 1. The molecule has 0 aliphatic heterocycles. The molecule has 0 heterocycles. The van der Waals surface area contributed by atoms with E-state index in [9.17, 15) is 8.42 Å². The maximum Gasteiger partial charge on any atom is 0.244 e. The van der Waals surface area contributed by atoms with Gasteiger partial charge in [0.15, 0.2) is 0 Å². The number of aliphatic hydroxyl groups excluding tert-OH is 1. The molecule has 1 aromatic carbocycles. The molecule has 1 N–H and O–H groups in total. The lowest BCUT2D eigenvalue weighted by Crippen LogP contribution is -2.34. The van der Waals surface area contributed by atoms with Crippen molar-refractivity contribution >= 4 is 41.9 Å². The van der Waals surface area contributed by atoms with Crippen molar-refractivity contribution in [1.29, 1.82) is 0 Å². The molecule has 0 radical (unpaired) electrons. The molecule has 0 amide bonds. The highest BCUT2D eigenvalue weighted by atomic mass is 79.9. The molecule has 108 valence electrons. The Morgan fingerprint density at radius 3 is 2.47 bits per heavy atom. The standard InChI is InChI=1S/C12H17Br2NO3S/c1-2-3-6-15(7-8-16)19(17,18)12-5-4-10(13)9-11(12)14/h4-5,9,16H,2-3,6-8H2,1H3. The van der Waals surface area contributed by atoms with Gasteiger partial charge in [0, 0.05) is 22.0 Å². The zero-order chi connectivity index (χ0) is 14.5. The fraction of sp³-hybridized carbons (Fsp3) is 0.500. The lowest BCUT2D eigenvalue weighted by molar-refractivity contribution is 0.252. The van der Waals surface area contributed by atoms with Crippen LogP contribution in [-0.4, -0.2) is 37.5 Å². The van der Waals surface area contributed by atoms with Crippen LogP contribution in [0.25, 0.3) is 0 Å². The van der Waals surface area contributed by atoms with E-state index < -0.39 is 10.0 Å². The van der Waals surface area contributed by atoms with Gasteiger partial charge in [-0.1, -0.05) is 29.3 Å². The SMILES string of the molecule is CCCCN(CCO)S(=O)(=O)c1ccc(Br)cc1Br. The summed E-state index contributed by atoms with van der Waals surface area (Å²) in [5.74, 6) is 0. The molecule has 0 atom stereocenters. The molecule has 0 fully saturated rings. The van der Waals surface area contributed by atoms with Crippen LogP contribution in [0.2, 0.25) is 0 Å². The maximum atomic E-state index is 12.5. The third-order valence-electron chi connectivity index (χ3n) is 2.62. The fourth-order valence-electron chi connectivity index (χ4n) is 1.62. The van der Waals surface area contributed by atoms with Crippen molar-refractivity contribution < 1.29 is 13.5 Å². The van der Waals surface area contributed by atoms with E-state index in [4.69, 9.17) is 5.11 Å². The molecule has 0 aromatic heterocycles. The number of halogens is 2. The zero-order valence-corrected chi connectivity index (χ0v) is 14.6. The van der Waals surface area contributed by atoms with Crippen LogP contribution in [0.15, 0.2) is 32.0 Å². The third kappa shape index (κ3) is 4.53. The van der Waals surface area contributed by atoms with E-state index in [1.165, 1.54) is 4.31 Å². The third-order valence-corrected chi connectivity index (χ3v) is 5.99. The smallest absolute Gasteiger partial charge is 0.244 e. The van der Waals surface area contributed by atoms with E-state index in [0.717, 1.165) is 17.3 Å². The van der Waals surface area contributed by atoms with Crippen LogP contribution in [0.1, 0.15) is 19.8 Å². The van der Waals surface area contributed by atoms with Gasteiger partial charge in [0.2, 0.25) is 10.0 Å². The van der Waals surface area contributed by atoms with Crippen molar-refractivity contribution in [3.63, 3.8) is 0 Å². The highest BCUT2D eigenvalue weighted by Crippen LogP contribution is 2.28. The van der Waals surface area contributed by atoms with Gasteiger partial charge in [0.25, 0.3) is 0 Å². The van der Waals surface area contributed by atoms with Crippen molar-refractivity contribution in [2.24, 2.45) is 0 Å². The van der Waals surface area contributed by atoms with Crippen LogP contribution in [0.4, 0.5) is 0 Å². The van der Waals surface area contributed by atoms with E-state index in [1.54, 1.807) is 18.2 Å². The highest BCUT2D eigenvalue weighted by molar-refractivity contribution is 9.11. The molecule has 0 bridgehead atoms. The summed E-state index contributed by atoms with van der Waals surface area (Å²) in [4.78, 5) is 0.222. The van der Waals surface area contributed by atoms with Crippen molar-refractivity contribution in [3.8, 4) is 0 Å². The molecule has 0 unspecified atom stereocenters. The normalized spacial score (nSPS) is 12.1. The van der Waals surface area contributed by atoms with E-state index in [1.807, 2.05) is 6.92 Å². The summed E-state index contributed by atoms with van der Waals surface area (Å²) in [7, 11) is -3.58. The molecule has 7 heteroatoms. The first-order chi connectivity index (χ1) is 8.93. The number of unbranched alkanes of at least 4 members (excludes halogenated alkanes) is 1. The van der Waals surface area contributed by atoms with Crippen molar-refractivity contribution in [2.45, 2.75) is 24.7 Å². The summed E-state index contributed by atoms with van der Waals surface area (Å²) in [5.41, 5.74) is 0. The molecule has 0 saturated heterocycles. The lowest BCUT2D eigenvalue weighted by Gasteiger charge is -2.21. The molecule has 1 aromatic rings. The van der Waals surface area contributed by atoms with Crippen molar-refractivity contribution in [3.05, 3.63) is 27.1 Å². The van der Waals surface area contributed by atoms with Crippen LogP contribution in [-0.2, 0) is 10.0 Å². The number of aliphatic hydroxyl groups is 1. The Balaban J connectivity index is 3.11. The number of rotatable bonds is 7. The second kappa shape index (κ2) is 7.73. The van der Waals surface area contributed by atoms with Crippen LogP contribution in [0.5, 0.6) is 0 Å². The Bertz CT molecular complexity index is 520. The van der Waals surface area contributed by atoms with Crippen LogP contribution in [0.3, 0.4) is 0 Å². The Labute approximate surface area is 131 Å². The minimum Gasteiger partial charge on any atom is -0.395 e. The average molecular weight is 415 g/mol. The molecular weight excluding hydrogens is 398 g/mol. The monoisotopic (exact) mass is 413 g/mol. The van der Waals surface area contributed by atoms with Gasteiger partial charge in [-0.25, -0.2) is 8.42 Å². The summed E-state index contributed by atoms with van der Waals surface area (Å²) in [6.45, 7) is 2.35. The van der Waals surface area contributed by atoms with Crippen molar-refractivity contribution in [1.82, 2.24) is 4.31 Å². The summed E-state index contributed by atoms with van der Waals surface area (Å²) in [5, 5.41) is 9.03. The van der Waals surface area contributed by atoms with E-state index in [-0.39, 0.29) is 18.0 Å². The number of hydrogen-bond donors (Lipinski definition) is 1. The molecule has 4 nitrogen and oxygen atoms in total. The van der Waals surface area contributed by atoms with E-state index >= 15 is 0 Å². The molecule has 0 aliphatic rings. The highest BCUT2D eigenvalue weighted by Gasteiger charge is 2.25. The minimum absolute atomic E-state index is 0.116. The predicted molar refractivity (Wildman–Crippen MR) is 82.6 cm³/mol. The van der Waals surface area contributed by atoms with Gasteiger partial charge in [-0.15, -0.1) is 0 Å². The Morgan fingerprint density at radius 1 is 1.26 bits per heavy atom. The second-order valence-electron chi connectivity index (χ2n) is 4.06. The number of hydrogen-bond acceptors (Lipinski definition) is 3. The average Bonchev–Trinajstić information content (AvgIpc) is 2.33. The zero-order valence-electron chi connectivity index (χ0n) is 10.6. The van der Waals surface area contributed by atoms with Gasteiger partial charge in [-0.05, 0) is 40.5 Å². The van der Waals surface area contributed by atoms with Gasteiger partial charge < -0.3 is 5.11 Å². The lowest BCUT2D eigenvalue weighted by atomic mass is 10.3. The van der Waals surface area contributed by atoms with Crippen LogP contribution < -0.4 is 0 Å². The molecule has 0 aliphatic carbocycles. The first-order valence-electron chi connectivity index (χ1n) is 5.99. The van der Waals surface area contributed by atoms with Crippen molar-refractivity contribution in [2.75, 3.05) is 19.7 Å². The first-order valence-corrected chi connectivity index (χ1v) is 9.02. The summed E-state index contributed by atoms with van der Waals surface area (Å²) >= 11 is 6.57. The topological polar surface area (TPSA) is 57.6 Å². The van der Waals surface area contributed by atoms with E-state index in [0.29, 0.717) is 11.0 Å². The first kappa shape index (κ1) is 17.1. The Kier molecular flexibility index (Phi) is 6.96. The quantitative estimate of drug-likeness (QED) is 0.745. The summed E-state index contributed by atoms with van der Waals surface area (Å²) in [6, 6.07) is 4.94. The molecular formula is C12H17Br2NO3S. The molecule has 0 saturated carbocycles. The minimum atomic E-state index is -3.58. The van der Waals surface area contributed by atoms with Gasteiger partial charge in [-0.2, -0.15) is 4.31 Å². The van der Waals surface area contributed by atoms with Crippen LogP contribution >= 0.6 is 31.9 Å². The van der Waals surface area contributed by atoms with Gasteiger partial charge in [-0.3, -0.25) is 0 Å². The largest absolute Gasteiger partial charge is 0.395 e. The fourth-order valence-corrected chi connectivity index (χ4v) is 4.80. The van der Waals surface area contributed by atoms with Gasteiger partial charge in [0.05, 0.1) is 11.5 Å². The Morgan fingerprint density at radius 2 is 1.95 bits per heavy atom. The van der Waals surface area contributed by atoms with Gasteiger partial charge >= 0.3 is 0 Å². The number of nitrogens with zero attached hydrogens (tertiary/aromatic N) is 1. The van der Waals surface area contributed by atoms with Gasteiger partial charge in [0.1, 0.15) is 0 Å². The molecule has 1 rings (SSSR count). The maximum absolute atomic E-state index is 12.5. The summed E-state index contributed by atoms with van der Waals surface area (Å²) in [6.07, 6.45) is 1.67. The number of sulfonamides is 1. The predicted octanol–water partition coefficient (Wildman–Crippen LogP) is 2.99. The van der Waals surface area contributed by atoms with Crippen LogP contribution in [0, 0.1) is 0 Å². The summed E-state index contributed by atoms with van der Waals surface area (Å²) < 4.78 is 27.7. The second-order valence-corrected chi connectivity index (χ2v) is 7.73. The molecule has 19 heavy (non-hydrogen) atoms. The Hall–Kier alpha value is 0.0500. The molecule has 0 spiro atoms.